The first-order valence-corrected chi connectivity index (χ1v) is 9.96. The second-order valence-electron chi connectivity index (χ2n) is 7.18. The van der Waals surface area contributed by atoms with Gasteiger partial charge < -0.3 is 15.4 Å². The minimum Gasteiger partial charge on any atom is -0.378 e. The Kier molecular flexibility index (Phi) is 5.63. The van der Waals surface area contributed by atoms with Gasteiger partial charge in [0.05, 0.1) is 18.7 Å². The zero-order valence-corrected chi connectivity index (χ0v) is 17.0. The summed E-state index contributed by atoms with van der Waals surface area (Å²) in [5.41, 5.74) is 4.31. The van der Waals surface area contributed by atoms with Crippen LogP contribution in [0.3, 0.4) is 0 Å². The highest BCUT2D eigenvalue weighted by atomic mass is 16.5. The molecule has 0 spiro atoms. The third-order valence-corrected chi connectivity index (χ3v) is 5.22. The first-order valence-electron chi connectivity index (χ1n) is 9.96. The van der Waals surface area contributed by atoms with Gasteiger partial charge in [0.1, 0.15) is 11.9 Å². The van der Waals surface area contributed by atoms with Crippen molar-refractivity contribution in [1.82, 2.24) is 9.78 Å². The average molecular weight is 404 g/mol. The number of carbonyl (C=O) groups excluding carboxylic acids is 2. The third-order valence-electron chi connectivity index (χ3n) is 5.22. The van der Waals surface area contributed by atoms with Crippen molar-refractivity contribution < 1.29 is 14.3 Å². The van der Waals surface area contributed by atoms with Crippen LogP contribution in [0.15, 0.2) is 54.6 Å². The molecule has 0 radical (unpaired) electrons. The largest absolute Gasteiger partial charge is 0.378 e. The van der Waals surface area contributed by atoms with E-state index in [1.807, 2.05) is 61.5 Å². The summed E-state index contributed by atoms with van der Waals surface area (Å²) in [6.45, 7) is 2.34. The number of aromatic nitrogens is 2. The lowest BCUT2D eigenvalue weighted by Gasteiger charge is -2.12. The molecule has 2 aromatic carbocycles. The van der Waals surface area contributed by atoms with Crippen LogP contribution in [0.4, 0.5) is 11.5 Å². The number of aryl methyl sites for hydroxylation is 1. The van der Waals surface area contributed by atoms with Crippen LogP contribution in [0.25, 0.3) is 11.1 Å². The molecule has 3 aromatic rings. The van der Waals surface area contributed by atoms with E-state index in [1.165, 1.54) is 0 Å². The van der Waals surface area contributed by atoms with E-state index in [2.05, 4.69) is 15.7 Å². The van der Waals surface area contributed by atoms with Crippen molar-refractivity contribution in [1.29, 1.82) is 0 Å². The Bertz CT molecular complexity index is 1080. The molecule has 1 aliphatic rings. The number of hydrogen-bond acceptors (Lipinski definition) is 4. The van der Waals surface area contributed by atoms with E-state index in [9.17, 15) is 9.59 Å². The monoisotopic (exact) mass is 404 g/mol. The Morgan fingerprint density at radius 1 is 1.17 bits per heavy atom. The van der Waals surface area contributed by atoms with E-state index >= 15 is 0 Å². The van der Waals surface area contributed by atoms with Gasteiger partial charge in [-0.1, -0.05) is 55.5 Å². The molecular formula is C23H24N4O3. The molecule has 0 saturated carbocycles. The molecule has 154 valence electrons. The molecule has 1 aliphatic heterocycles. The molecule has 30 heavy (non-hydrogen) atoms. The standard InChI is InChI=1S/C23H24N4O3/c1-3-15-9-7-8-12-17(15)24-20(28)13-19-23(29)25-22-21(16-10-5-4-6-11-16)18(14-30-2)26-27(19)22/h4-12,19H,3,13-14H2,1-2H3,(H,24,28)(H,25,29). The first-order chi connectivity index (χ1) is 14.6. The van der Waals surface area contributed by atoms with Gasteiger partial charge in [-0.05, 0) is 23.6 Å². The van der Waals surface area contributed by atoms with Crippen LogP contribution in [0, 0.1) is 0 Å². The zero-order valence-electron chi connectivity index (χ0n) is 17.0. The zero-order chi connectivity index (χ0) is 21.1. The Hall–Kier alpha value is -3.45. The summed E-state index contributed by atoms with van der Waals surface area (Å²) in [6, 6.07) is 16.7. The van der Waals surface area contributed by atoms with E-state index in [-0.39, 0.29) is 18.2 Å². The Labute approximate surface area is 175 Å². The molecule has 0 bridgehead atoms. The number of fused-ring (bicyclic) bond motifs is 1. The number of carbonyl (C=O) groups is 2. The van der Waals surface area contributed by atoms with Gasteiger partial charge in [-0.15, -0.1) is 0 Å². The van der Waals surface area contributed by atoms with Gasteiger partial charge in [0.2, 0.25) is 5.91 Å². The predicted octanol–water partition coefficient (Wildman–Crippen LogP) is 3.78. The van der Waals surface area contributed by atoms with E-state index in [0.29, 0.717) is 12.4 Å². The highest BCUT2D eigenvalue weighted by Gasteiger charge is 2.37. The Balaban J connectivity index is 1.62. The summed E-state index contributed by atoms with van der Waals surface area (Å²) in [5.74, 6) is 0.136. The van der Waals surface area contributed by atoms with Crippen molar-refractivity contribution in [3.63, 3.8) is 0 Å². The van der Waals surface area contributed by atoms with Gasteiger partial charge in [0.25, 0.3) is 5.91 Å². The van der Waals surface area contributed by atoms with Gasteiger partial charge in [-0.2, -0.15) is 5.10 Å². The van der Waals surface area contributed by atoms with Crippen LogP contribution in [0.1, 0.15) is 30.6 Å². The average Bonchev–Trinajstić information content (AvgIpc) is 3.24. The maximum atomic E-state index is 12.7. The van der Waals surface area contributed by atoms with Crippen molar-refractivity contribution in [2.45, 2.75) is 32.4 Å². The van der Waals surface area contributed by atoms with E-state index in [4.69, 9.17) is 4.74 Å². The molecular weight excluding hydrogens is 380 g/mol. The summed E-state index contributed by atoms with van der Waals surface area (Å²) >= 11 is 0. The molecule has 4 rings (SSSR count). The molecule has 2 heterocycles. The van der Waals surface area contributed by atoms with Crippen molar-refractivity contribution in [3.05, 3.63) is 65.9 Å². The van der Waals surface area contributed by atoms with Gasteiger partial charge >= 0.3 is 0 Å². The van der Waals surface area contributed by atoms with E-state index in [1.54, 1.807) is 11.8 Å². The maximum absolute atomic E-state index is 12.7. The number of benzene rings is 2. The smallest absolute Gasteiger partial charge is 0.251 e. The van der Waals surface area contributed by atoms with Crippen LogP contribution in [-0.4, -0.2) is 28.7 Å². The van der Waals surface area contributed by atoms with Crippen molar-refractivity contribution in [3.8, 4) is 11.1 Å². The number of nitrogens with zero attached hydrogens (tertiary/aromatic N) is 2. The maximum Gasteiger partial charge on any atom is 0.251 e. The minimum absolute atomic E-state index is 0.000780. The quantitative estimate of drug-likeness (QED) is 0.628. The number of ether oxygens (including phenoxy) is 1. The number of anilines is 2. The highest BCUT2D eigenvalue weighted by Crippen LogP contribution is 2.38. The summed E-state index contributed by atoms with van der Waals surface area (Å²) in [5, 5.41) is 10.5. The van der Waals surface area contributed by atoms with Crippen LogP contribution in [-0.2, 0) is 27.4 Å². The second-order valence-corrected chi connectivity index (χ2v) is 7.18. The first kappa shape index (κ1) is 19.8. The lowest BCUT2D eigenvalue weighted by atomic mass is 10.1. The predicted molar refractivity (Wildman–Crippen MR) is 115 cm³/mol. The van der Waals surface area contributed by atoms with Gasteiger partial charge in [-0.25, -0.2) is 4.68 Å². The molecule has 0 fully saturated rings. The van der Waals surface area contributed by atoms with Crippen molar-refractivity contribution >= 4 is 23.3 Å². The van der Waals surface area contributed by atoms with Crippen LogP contribution in [0.2, 0.25) is 0 Å². The van der Waals surface area contributed by atoms with E-state index < -0.39 is 6.04 Å². The molecule has 2 N–H and O–H groups in total. The molecule has 7 heteroatoms. The molecule has 2 amide bonds. The SMILES string of the molecule is CCc1ccccc1NC(=O)CC1C(=O)Nc2c(-c3ccccc3)c(COC)nn21. The van der Waals surface area contributed by atoms with E-state index in [0.717, 1.165) is 34.5 Å². The number of para-hydroxylation sites is 1. The third kappa shape index (κ3) is 3.71. The van der Waals surface area contributed by atoms with Gasteiger partial charge in [0, 0.05) is 18.4 Å². The van der Waals surface area contributed by atoms with Crippen molar-refractivity contribution in [2.24, 2.45) is 0 Å². The molecule has 0 aliphatic carbocycles. The second kappa shape index (κ2) is 8.51. The number of hydrogen-bond donors (Lipinski definition) is 2. The van der Waals surface area contributed by atoms with Crippen LogP contribution >= 0.6 is 0 Å². The fourth-order valence-electron chi connectivity index (χ4n) is 3.79. The van der Waals surface area contributed by atoms with Gasteiger partial charge in [0.15, 0.2) is 0 Å². The molecule has 7 nitrogen and oxygen atoms in total. The molecule has 1 atom stereocenters. The summed E-state index contributed by atoms with van der Waals surface area (Å²) in [4.78, 5) is 25.4. The Morgan fingerprint density at radius 3 is 2.63 bits per heavy atom. The number of nitrogens with one attached hydrogen (secondary N) is 2. The summed E-state index contributed by atoms with van der Waals surface area (Å²) in [6.07, 6.45) is 0.809. The lowest BCUT2D eigenvalue weighted by molar-refractivity contribution is -0.123. The minimum atomic E-state index is -0.707. The lowest BCUT2D eigenvalue weighted by Crippen LogP contribution is -2.24. The Morgan fingerprint density at radius 2 is 1.90 bits per heavy atom. The van der Waals surface area contributed by atoms with Gasteiger partial charge in [-0.3, -0.25) is 9.59 Å². The van der Waals surface area contributed by atoms with Crippen LogP contribution < -0.4 is 10.6 Å². The topological polar surface area (TPSA) is 85.2 Å². The summed E-state index contributed by atoms with van der Waals surface area (Å²) < 4.78 is 6.92. The highest BCUT2D eigenvalue weighted by molar-refractivity contribution is 6.04. The molecule has 1 unspecified atom stereocenters. The normalized spacial score (nSPS) is 15.0. The van der Waals surface area contributed by atoms with Crippen LogP contribution in [0.5, 0.6) is 0 Å². The number of rotatable bonds is 7. The molecule has 0 saturated heterocycles. The van der Waals surface area contributed by atoms with Crippen molar-refractivity contribution in [2.75, 3.05) is 17.7 Å². The fraction of sp³-hybridized carbons (Fsp3) is 0.261. The molecule has 1 aromatic heterocycles. The fourth-order valence-corrected chi connectivity index (χ4v) is 3.79. The number of methoxy groups -OCH3 is 1. The number of amides is 2. The summed E-state index contributed by atoms with van der Waals surface area (Å²) in [7, 11) is 1.61.